The minimum absolute atomic E-state index is 0.0577. The molecule has 1 atom stereocenters. The second-order valence-corrected chi connectivity index (χ2v) is 5.80. The lowest BCUT2D eigenvalue weighted by molar-refractivity contribution is 0.624. The standard InChI is InChI=1S/C13H12FN3S/c14-11-4-3-10(5-9(11)6-15)17-13-16-7-12(18-13)8-1-2-8/h3-5,8,12H,1-2,7H2,(H,16,17). The van der Waals surface area contributed by atoms with Gasteiger partial charge in [-0.25, -0.2) is 4.39 Å². The normalized spacial score (nSPS) is 22.4. The molecule has 92 valence electrons. The van der Waals surface area contributed by atoms with Crippen LogP contribution in [0.1, 0.15) is 18.4 Å². The molecule has 1 unspecified atom stereocenters. The largest absolute Gasteiger partial charge is 0.335 e. The zero-order valence-electron chi connectivity index (χ0n) is 9.69. The van der Waals surface area contributed by atoms with E-state index >= 15 is 0 Å². The Kier molecular flexibility index (Phi) is 2.96. The molecule has 1 aliphatic heterocycles. The SMILES string of the molecule is N#Cc1cc(NC2=NCC(C3CC3)S2)ccc1F. The summed E-state index contributed by atoms with van der Waals surface area (Å²) >= 11 is 1.76. The van der Waals surface area contributed by atoms with E-state index < -0.39 is 5.82 Å². The Balaban J connectivity index is 1.68. The first-order valence-corrected chi connectivity index (χ1v) is 6.82. The summed E-state index contributed by atoms with van der Waals surface area (Å²) in [6.45, 7) is 0.865. The molecular weight excluding hydrogens is 249 g/mol. The van der Waals surface area contributed by atoms with E-state index in [2.05, 4.69) is 10.3 Å². The lowest BCUT2D eigenvalue weighted by Gasteiger charge is -2.08. The zero-order chi connectivity index (χ0) is 12.5. The number of hydrogen-bond donors (Lipinski definition) is 1. The molecule has 3 rings (SSSR count). The molecule has 18 heavy (non-hydrogen) atoms. The van der Waals surface area contributed by atoms with Gasteiger partial charge in [0.15, 0.2) is 5.17 Å². The third kappa shape index (κ3) is 2.34. The minimum atomic E-state index is -0.486. The molecule has 1 aliphatic carbocycles. The van der Waals surface area contributed by atoms with Crippen LogP contribution < -0.4 is 5.32 Å². The number of halogens is 1. The summed E-state index contributed by atoms with van der Waals surface area (Å²) in [4.78, 5) is 4.44. The van der Waals surface area contributed by atoms with Gasteiger partial charge in [-0.3, -0.25) is 4.99 Å². The fourth-order valence-corrected chi connectivity index (χ4v) is 3.21. The Bertz CT molecular complexity index is 546. The van der Waals surface area contributed by atoms with Gasteiger partial charge in [0.25, 0.3) is 0 Å². The average molecular weight is 261 g/mol. The fourth-order valence-electron chi connectivity index (χ4n) is 1.99. The second-order valence-electron chi connectivity index (χ2n) is 4.57. The highest BCUT2D eigenvalue weighted by Crippen LogP contribution is 2.41. The molecule has 1 saturated carbocycles. The fraction of sp³-hybridized carbons (Fsp3) is 0.385. The van der Waals surface area contributed by atoms with Crippen LogP contribution in [0, 0.1) is 23.1 Å². The molecule has 3 nitrogen and oxygen atoms in total. The van der Waals surface area contributed by atoms with Crippen molar-refractivity contribution < 1.29 is 4.39 Å². The molecule has 0 saturated heterocycles. The van der Waals surface area contributed by atoms with Gasteiger partial charge in [-0.05, 0) is 37.0 Å². The smallest absolute Gasteiger partial charge is 0.161 e. The van der Waals surface area contributed by atoms with E-state index in [0.717, 1.165) is 23.3 Å². The van der Waals surface area contributed by atoms with Crippen molar-refractivity contribution in [3.05, 3.63) is 29.6 Å². The lowest BCUT2D eigenvalue weighted by atomic mass is 10.2. The molecule has 0 spiro atoms. The van der Waals surface area contributed by atoms with Crippen molar-refractivity contribution in [1.82, 2.24) is 0 Å². The molecule has 1 N–H and O–H groups in total. The molecule has 2 aliphatic rings. The van der Waals surface area contributed by atoms with E-state index in [1.165, 1.54) is 25.0 Å². The van der Waals surface area contributed by atoms with Gasteiger partial charge in [-0.1, -0.05) is 11.8 Å². The van der Waals surface area contributed by atoms with E-state index in [9.17, 15) is 4.39 Å². The van der Waals surface area contributed by atoms with Gasteiger partial charge in [0.2, 0.25) is 0 Å². The molecule has 0 amide bonds. The van der Waals surface area contributed by atoms with Gasteiger partial charge in [-0.15, -0.1) is 0 Å². The summed E-state index contributed by atoms with van der Waals surface area (Å²) in [5.41, 5.74) is 0.776. The monoisotopic (exact) mass is 261 g/mol. The summed E-state index contributed by atoms with van der Waals surface area (Å²) in [6.07, 6.45) is 2.63. The molecule has 1 fully saturated rings. The van der Waals surface area contributed by atoms with Crippen molar-refractivity contribution in [2.75, 3.05) is 11.9 Å². The number of anilines is 1. The molecule has 0 aromatic heterocycles. The predicted molar refractivity (Wildman–Crippen MR) is 71.1 cm³/mol. The maximum Gasteiger partial charge on any atom is 0.161 e. The Morgan fingerprint density at radius 2 is 2.28 bits per heavy atom. The van der Waals surface area contributed by atoms with Crippen LogP contribution in [0.15, 0.2) is 23.2 Å². The number of thioether (sulfide) groups is 1. The first-order chi connectivity index (χ1) is 8.76. The number of aliphatic imine (C=N–C) groups is 1. The van der Waals surface area contributed by atoms with Gasteiger partial charge < -0.3 is 5.32 Å². The van der Waals surface area contributed by atoms with E-state index in [1.54, 1.807) is 17.8 Å². The molecule has 0 bridgehead atoms. The number of hydrogen-bond acceptors (Lipinski definition) is 4. The minimum Gasteiger partial charge on any atom is -0.335 e. The van der Waals surface area contributed by atoms with E-state index in [1.807, 2.05) is 6.07 Å². The van der Waals surface area contributed by atoms with Crippen LogP contribution in [0.25, 0.3) is 0 Å². The first kappa shape index (κ1) is 11.5. The zero-order valence-corrected chi connectivity index (χ0v) is 10.5. The van der Waals surface area contributed by atoms with Crippen molar-refractivity contribution >= 4 is 22.6 Å². The topological polar surface area (TPSA) is 48.2 Å². The molecule has 1 aromatic rings. The summed E-state index contributed by atoms with van der Waals surface area (Å²) in [5, 5.41) is 13.4. The van der Waals surface area contributed by atoms with Crippen LogP contribution in [-0.4, -0.2) is 17.0 Å². The molecular formula is C13H12FN3S. The maximum atomic E-state index is 13.2. The van der Waals surface area contributed by atoms with E-state index in [0.29, 0.717) is 5.25 Å². The summed E-state index contributed by atoms with van der Waals surface area (Å²) in [5.74, 6) is 0.334. The van der Waals surface area contributed by atoms with Gasteiger partial charge in [0.1, 0.15) is 11.9 Å². The number of nitrogens with one attached hydrogen (secondary N) is 1. The van der Waals surface area contributed by atoms with E-state index in [-0.39, 0.29) is 5.56 Å². The maximum absolute atomic E-state index is 13.2. The number of nitriles is 1. The number of amidine groups is 1. The third-order valence-corrected chi connectivity index (χ3v) is 4.45. The van der Waals surface area contributed by atoms with Crippen LogP contribution in [0.4, 0.5) is 10.1 Å². The highest BCUT2D eigenvalue weighted by molar-refractivity contribution is 8.15. The van der Waals surface area contributed by atoms with Crippen LogP contribution in [0.3, 0.4) is 0 Å². The second kappa shape index (κ2) is 4.62. The Hall–Kier alpha value is -1.54. The number of benzene rings is 1. The number of rotatable bonds is 2. The van der Waals surface area contributed by atoms with Crippen molar-refractivity contribution in [1.29, 1.82) is 5.26 Å². The molecule has 1 heterocycles. The average Bonchev–Trinajstić information content (AvgIpc) is 3.13. The Morgan fingerprint density at radius 3 is 3.00 bits per heavy atom. The summed E-state index contributed by atoms with van der Waals surface area (Å²) < 4.78 is 13.2. The molecule has 0 radical (unpaired) electrons. The first-order valence-electron chi connectivity index (χ1n) is 5.94. The Morgan fingerprint density at radius 1 is 1.44 bits per heavy atom. The van der Waals surface area contributed by atoms with Gasteiger partial charge in [0, 0.05) is 10.9 Å². The van der Waals surface area contributed by atoms with Crippen molar-refractivity contribution in [3.8, 4) is 6.07 Å². The van der Waals surface area contributed by atoms with Crippen molar-refractivity contribution in [3.63, 3.8) is 0 Å². The highest BCUT2D eigenvalue weighted by atomic mass is 32.2. The highest BCUT2D eigenvalue weighted by Gasteiger charge is 2.35. The van der Waals surface area contributed by atoms with Crippen LogP contribution in [0.2, 0.25) is 0 Å². The summed E-state index contributed by atoms with van der Waals surface area (Å²) in [6, 6.07) is 6.29. The lowest BCUT2D eigenvalue weighted by Crippen LogP contribution is -2.09. The number of nitrogens with zero attached hydrogens (tertiary/aromatic N) is 2. The van der Waals surface area contributed by atoms with Gasteiger partial charge in [0.05, 0.1) is 12.1 Å². The van der Waals surface area contributed by atoms with Crippen molar-refractivity contribution in [2.45, 2.75) is 18.1 Å². The van der Waals surface area contributed by atoms with Gasteiger partial charge >= 0.3 is 0 Å². The van der Waals surface area contributed by atoms with Crippen molar-refractivity contribution in [2.24, 2.45) is 10.9 Å². The predicted octanol–water partition coefficient (Wildman–Crippen LogP) is 2.99. The summed E-state index contributed by atoms with van der Waals surface area (Å²) in [7, 11) is 0. The molecule has 1 aromatic carbocycles. The quantitative estimate of drug-likeness (QED) is 0.890. The third-order valence-electron chi connectivity index (χ3n) is 3.16. The van der Waals surface area contributed by atoms with Crippen LogP contribution in [-0.2, 0) is 0 Å². The van der Waals surface area contributed by atoms with Gasteiger partial charge in [-0.2, -0.15) is 5.26 Å². The Labute approximate surface area is 109 Å². The van der Waals surface area contributed by atoms with Crippen LogP contribution >= 0.6 is 11.8 Å². The van der Waals surface area contributed by atoms with E-state index in [4.69, 9.17) is 5.26 Å². The molecule has 5 heteroatoms. The van der Waals surface area contributed by atoms with Crippen LogP contribution in [0.5, 0.6) is 0 Å².